The van der Waals surface area contributed by atoms with Crippen LogP contribution < -0.4 is 16.0 Å². The molecular formula is C7H13N5O2. The van der Waals surface area contributed by atoms with Crippen molar-refractivity contribution in [3.63, 3.8) is 0 Å². The maximum absolute atomic E-state index is 10.8. The number of carbonyl (C=O) groups excluding carboxylic acids is 1. The molecule has 1 rings (SSSR count). The van der Waals surface area contributed by atoms with Crippen molar-refractivity contribution in [2.75, 3.05) is 26.0 Å². The molecule has 78 valence electrons. The maximum atomic E-state index is 10.8. The van der Waals surface area contributed by atoms with Crippen LogP contribution in [0, 0.1) is 0 Å². The molecule has 0 saturated carbocycles. The van der Waals surface area contributed by atoms with Crippen molar-refractivity contribution in [3.05, 3.63) is 5.89 Å². The van der Waals surface area contributed by atoms with Gasteiger partial charge in [-0.3, -0.25) is 4.79 Å². The molecular weight excluding hydrogens is 186 g/mol. The number of aromatic nitrogens is 2. The standard InChI is InChI=1S/C7H13N5O2/c1-8-4-6-11-12-7(14-6)10-3-5(13)9-2/h8H,3-4H2,1-2H3,(H,9,13)(H,10,12). The minimum atomic E-state index is -0.140. The molecule has 7 nitrogen and oxygen atoms in total. The van der Waals surface area contributed by atoms with E-state index in [1.54, 1.807) is 14.1 Å². The molecule has 0 atom stereocenters. The molecule has 0 aliphatic heterocycles. The topological polar surface area (TPSA) is 92.1 Å². The van der Waals surface area contributed by atoms with Crippen LogP contribution in [0.1, 0.15) is 5.89 Å². The summed E-state index contributed by atoms with van der Waals surface area (Å²) in [4.78, 5) is 10.8. The Kier molecular flexibility index (Phi) is 3.86. The number of anilines is 1. The lowest BCUT2D eigenvalue weighted by molar-refractivity contribution is -0.118. The van der Waals surface area contributed by atoms with Gasteiger partial charge in [0.2, 0.25) is 11.8 Å². The van der Waals surface area contributed by atoms with Gasteiger partial charge in [0.1, 0.15) is 0 Å². The van der Waals surface area contributed by atoms with E-state index in [1.807, 2.05) is 0 Å². The maximum Gasteiger partial charge on any atom is 0.315 e. The van der Waals surface area contributed by atoms with Crippen LogP contribution in [0.5, 0.6) is 0 Å². The fourth-order valence-electron chi connectivity index (χ4n) is 0.792. The molecule has 7 heteroatoms. The summed E-state index contributed by atoms with van der Waals surface area (Å²) < 4.78 is 5.14. The molecule has 1 amide bonds. The summed E-state index contributed by atoms with van der Waals surface area (Å²) in [5.74, 6) is 0.338. The molecule has 1 aromatic heterocycles. The zero-order valence-electron chi connectivity index (χ0n) is 8.13. The molecule has 0 aromatic carbocycles. The molecule has 0 fully saturated rings. The molecule has 0 unspecified atom stereocenters. The fourth-order valence-corrected chi connectivity index (χ4v) is 0.792. The van der Waals surface area contributed by atoms with E-state index in [0.717, 1.165) is 0 Å². The van der Waals surface area contributed by atoms with Crippen LogP contribution in [-0.2, 0) is 11.3 Å². The number of carbonyl (C=O) groups is 1. The van der Waals surface area contributed by atoms with E-state index in [4.69, 9.17) is 4.42 Å². The predicted molar refractivity (Wildman–Crippen MR) is 49.6 cm³/mol. The summed E-state index contributed by atoms with van der Waals surface area (Å²) in [5.41, 5.74) is 0. The van der Waals surface area contributed by atoms with Crippen molar-refractivity contribution >= 4 is 11.9 Å². The number of hydrogen-bond donors (Lipinski definition) is 3. The minimum absolute atomic E-state index is 0.123. The van der Waals surface area contributed by atoms with Crippen LogP contribution in [0.25, 0.3) is 0 Å². The molecule has 0 saturated heterocycles. The van der Waals surface area contributed by atoms with Crippen LogP contribution >= 0.6 is 0 Å². The van der Waals surface area contributed by atoms with Crippen LogP contribution in [0.4, 0.5) is 6.01 Å². The van der Waals surface area contributed by atoms with Gasteiger partial charge in [0.05, 0.1) is 13.1 Å². The molecule has 1 aromatic rings. The van der Waals surface area contributed by atoms with E-state index in [0.29, 0.717) is 12.4 Å². The van der Waals surface area contributed by atoms with Crippen LogP contribution in [-0.4, -0.2) is 36.7 Å². The largest absolute Gasteiger partial charge is 0.407 e. The Balaban J connectivity index is 2.39. The van der Waals surface area contributed by atoms with Gasteiger partial charge in [-0.2, -0.15) is 0 Å². The van der Waals surface area contributed by atoms with Gasteiger partial charge < -0.3 is 20.4 Å². The highest BCUT2D eigenvalue weighted by atomic mass is 16.4. The summed E-state index contributed by atoms with van der Waals surface area (Å²) in [6, 6.07) is 0.249. The Bertz CT molecular complexity index is 298. The summed E-state index contributed by atoms with van der Waals surface area (Å²) in [7, 11) is 3.34. The third-order valence-corrected chi connectivity index (χ3v) is 1.47. The number of nitrogens with one attached hydrogen (secondary N) is 3. The first kappa shape index (κ1) is 10.5. The third-order valence-electron chi connectivity index (χ3n) is 1.47. The molecule has 1 heterocycles. The molecule has 0 spiro atoms. The number of nitrogens with zero attached hydrogens (tertiary/aromatic N) is 2. The SMILES string of the molecule is CNCc1nnc(NCC(=O)NC)o1. The van der Waals surface area contributed by atoms with Crippen molar-refractivity contribution in [2.45, 2.75) is 6.54 Å². The number of rotatable bonds is 5. The highest BCUT2D eigenvalue weighted by Crippen LogP contribution is 2.03. The summed E-state index contributed by atoms with van der Waals surface area (Å²) >= 11 is 0. The predicted octanol–water partition coefficient (Wildman–Crippen LogP) is -1.05. The van der Waals surface area contributed by atoms with Gasteiger partial charge in [0, 0.05) is 7.05 Å². The second kappa shape index (κ2) is 5.18. The zero-order chi connectivity index (χ0) is 10.4. The monoisotopic (exact) mass is 199 g/mol. The van der Waals surface area contributed by atoms with Gasteiger partial charge in [-0.15, -0.1) is 5.10 Å². The third kappa shape index (κ3) is 3.02. The lowest BCUT2D eigenvalue weighted by Crippen LogP contribution is -2.26. The number of amides is 1. The van der Waals surface area contributed by atoms with Gasteiger partial charge in [0.25, 0.3) is 0 Å². The Hall–Kier alpha value is -1.63. The van der Waals surface area contributed by atoms with Crippen LogP contribution in [0.3, 0.4) is 0 Å². The lowest BCUT2D eigenvalue weighted by atomic mass is 10.6. The van der Waals surface area contributed by atoms with Crippen molar-refractivity contribution < 1.29 is 9.21 Å². The molecule has 0 aliphatic rings. The van der Waals surface area contributed by atoms with E-state index in [2.05, 4.69) is 26.1 Å². The van der Waals surface area contributed by atoms with E-state index < -0.39 is 0 Å². The quantitative estimate of drug-likeness (QED) is 0.560. The fraction of sp³-hybridized carbons (Fsp3) is 0.571. The van der Waals surface area contributed by atoms with Gasteiger partial charge >= 0.3 is 6.01 Å². The summed E-state index contributed by atoms with van der Waals surface area (Å²) in [6.45, 7) is 0.631. The van der Waals surface area contributed by atoms with E-state index >= 15 is 0 Å². The minimum Gasteiger partial charge on any atom is -0.407 e. The smallest absolute Gasteiger partial charge is 0.315 e. The Morgan fingerprint density at radius 3 is 2.86 bits per heavy atom. The van der Waals surface area contributed by atoms with Crippen molar-refractivity contribution in [2.24, 2.45) is 0 Å². The van der Waals surface area contributed by atoms with Crippen LogP contribution in [0.15, 0.2) is 4.42 Å². The van der Waals surface area contributed by atoms with Crippen molar-refractivity contribution in [1.29, 1.82) is 0 Å². The summed E-state index contributed by atoms with van der Waals surface area (Å²) in [5, 5.41) is 15.5. The van der Waals surface area contributed by atoms with Gasteiger partial charge in [-0.1, -0.05) is 5.10 Å². The van der Waals surface area contributed by atoms with E-state index in [9.17, 15) is 4.79 Å². The average molecular weight is 199 g/mol. The molecule has 0 aliphatic carbocycles. The molecule has 3 N–H and O–H groups in total. The van der Waals surface area contributed by atoms with Crippen molar-refractivity contribution in [1.82, 2.24) is 20.8 Å². The van der Waals surface area contributed by atoms with E-state index in [-0.39, 0.29) is 18.5 Å². The first-order valence-electron chi connectivity index (χ1n) is 4.17. The highest BCUT2D eigenvalue weighted by Gasteiger charge is 2.05. The molecule has 14 heavy (non-hydrogen) atoms. The Labute approximate surface area is 81.3 Å². The van der Waals surface area contributed by atoms with E-state index in [1.165, 1.54) is 0 Å². The van der Waals surface area contributed by atoms with Gasteiger partial charge in [-0.05, 0) is 7.05 Å². The Morgan fingerprint density at radius 2 is 2.21 bits per heavy atom. The molecule has 0 bridgehead atoms. The van der Waals surface area contributed by atoms with Crippen molar-refractivity contribution in [3.8, 4) is 0 Å². The second-order valence-corrected chi connectivity index (χ2v) is 2.56. The zero-order valence-corrected chi connectivity index (χ0v) is 8.13. The number of hydrogen-bond acceptors (Lipinski definition) is 6. The van der Waals surface area contributed by atoms with Crippen LogP contribution in [0.2, 0.25) is 0 Å². The van der Waals surface area contributed by atoms with Gasteiger partial charge in [0.15, 0.2) is 0 Å². The highest BCUT2D eigenvalue weighted by molar-refractivity contribution is 5.79. The summed E-state index contributed by atoms with van der Waals surface area (Å²) in [6.07, 6.45) is 0. The average Bonchev–Trinajstić information content (AvgIpc) is 2.63. The normalized spacial score (nSPS) is 9.86. The van der Waals surface area contributed by atoms with Gasteiger partial charge in [-0.25, -0.2) is 0 Å². The second-order valence-electron chi connectivity index (χ2n) is 2.56. The molecule has 0 radical (unpaired) electrons. The number of likely N-dealkylation sites (N-methyl/N-ethyl adjacent to an activating group) is 1. The first-order valence-corrected chi connectivity index (χ1v) is 4.17. The Morgan fingerprint density at radius 1 is 1.43 bits per heavy atom. The first-order chi connectivity index (χ1) is 6.76. The lowest BCUT2D eigenvalue weighted by Gasteiger charge is -1.98.